The van der Waals surface area contributed by atoms with Crippen LogP contribution in [0, 0.1) is 11.8 Å². The van der Waals surface area contributed by atoms with E-state index < -0.39 is 36.5 Å². The summed E-state index contributed by atoms with van der Waals surface area (Å²) in [6.45, 7) is 5.28. The van der Waals surface area contributed by atoms with Crippen molar-refractivity contribution in [3.05, 3.63) is 60.2 Å². The lowest BCUT2D eigenvalue weighted by molar-refractivity contribution is -0.126. The molecule has 1 unspecified atom stereocenters. The SMILES string of the molecule is CC(C)[C@@H]1CC1(NC(=O)[C@@H](NC(=O)c1cccc(-c2ccccc2)c1)[C@@H](C)O)B(O)O. The van der Waals surface area contributed by atoms with E-state index >= 15 is 0 Å². The molecule has 1 aliphatic rings. The van der Waals surface area contributed by atoms with Crippen molar-refractivity contribution < 1.29 is 24.7 Å². The maximum absolute atomic E-state index is 12.9. The second-order valence-corrected chi connectivity index (χ2v) is 8.60. The van der Waals surface area contributed by atoms with E-state index in [1.807, 2.05) is 50.2 Å². The monoisotopic (exact) mass is 424 g/mol. The highest BCUT2D eigenvalue weighted by atomic mass is 16.4. The third-order valence-corrected chi connectivity index (χ3v) is 5.96. The molecule has 4 atom stereocenters. The second kappa shape index (κ2) is 9.22. The van der Waals surface area contributed by atoms with Gasteiger partial charge in [0.15, 0.2) is 0 Å². The molecule has 7 nitrogen and oxygen atoms in total. The van der Waals surface area contributed by atoms with Crippen LogP contribution in [0.2, 0.25) is 0 Å². The number of carbonyl (C=O) groups is 2. The Balaban J connectivity index is 1.75. The minimum Gasteiger partial charge on any atom is -0.426 e. The van der Waals surface area contributed by atoms with Crippen LogP contribution >= 0.6 is 0 Å². The lowest BCUT2D eigenvalue weighted by Crippen LogP contribution is -2.59. The van der Waals surface area contributed by atoms with Gasteiger partial charge in [0.2, 0.25) is 5.91 Å². The molecular weight excluding hydrogens is 395 g/mol. The summed E-state index contributed by atoms with van der Waals surface area (Å²) >= 11 is 0. The zero-order valence-electron chi connectivity index (χ0n) is 17.9. The molecule has 1 aliphatic carbocycles. The molecule has 31 heavy (non-hydrogen) atoms. The van der Waals surface area contributed by atoms with Crippen molar-refractivity contribution in [3.8, 4) is 11.1 Å². The standard InChI is InChI=1S/C23H29BN2O5/c1-14(2)19-13-23(19,24(30)31)26-22(29)20(15(3)27)25-21(28)18-11-7-10-17(12-18)16-8-5-4-6-9-16/h4-12,14-15,19-20,27,30-31H,13H2,1-3H3,(H,25,28)(H,26,29)/t15-,19+,20+,23?/m1/s1. The topological polar surface area (TPSA) is 119 Å². The van der Waals surface area contributed by atoms with E-state index in [4.69, 9.17) is 0 Å². The predicted octanol–water partition coefficient (Wildman–Crippen LogP) is 1.38. The van der Waals surface area contributed by atoms with Gasteiger partial charge < -0.3 is 25.8 Å². The third-order valence-electron chi connectivity index (χ3n) is 5.96. The zero-order valence-corrected chi connectivity index (χ0v) is 17.9. The molecule has 0 aliphatic heterocycles. The fourth-order valence-electron chi connectivity index (χ4n) is 4.05. The van der Waals surface area contributed by atoms with Crippen LogP contribution in [0.25, 0.3) is 11.1 Å². The van der Waals surface area contributed by atoms with Crippen molar-refractivity contribution in [3.63, 3.8) is 0 Å². The first-order valence-corrected chi connectivity index (χ1v) is 10.5. The fraction of sp³-hybridized carbons (Fsp3) is 0.391. The molecule has 8 heteroatoms. The van der Waals surface area contributed by atoms with Crippen LogP contribution in [0.4, 0.5) is 0 Å². The van der Waals surface area contributed by atoms with Crippen LogP contribution in [0.1, 0.15) is 37.6 Å². The summed E-state index contributed by atoms with van der Waals surface area (Å²) in [7, 11) is -1.73. The molecule has 0 spiro atoms. The van der Waals surface area contributed by atoms with Gasteiger partial charge in [0.25, 0.3) is 5.91 Å². The Labute approximate surface area is 182 Å². The molecule has 0 radical (unpaired) electrons. The molecule has 0 heterocycles. The third kappa shape index (κ3) is 4.98. The summed E-state index contributed by atoms with van der Waals surface area (Å²) in [5, 5.41) is 35.0. The van der Waals surface area contributed by atoms with Crippen molar-refractivity contribution in [2.75, 3.05) is 0 Å². The van der Waals surface area contributed by atoms with Gasteiger partial charge in [-0.3, -0.25) is 9.59 Å². The summed E-state index contributed by atoms with van der Waals surface area (Å²) in [6.07, 6.45) is -0.751. The van der Waals surface area contributed by atoms with Crippen LogP contribution in [-0.4, -0.2) is 51.7 Å². The lowest BCUT2D eigenvalue weighted by atomic mass is 9.72. The van der Waals surface area contributed by atoms with Crippen LogP contribution in [0.3, 0.4) is 0 Å². The van der Waals surface area contributed by atoms with E-state index in [0.717, 1.165) is 11.1 Å². The van der Waals surface area contributed by atoms with Gasteiger partial charge in [-0.1, -0.05) is 56.3 Å². The molecule has 2 amide bonds. The fourth-order valence-corrected chi connectivity index (χ4v) is 4.05. The average molecular weight is 424 g/mol. The highest BCUT2D eigenvalue weighted by Gasteiger charge is 2.64. The average Bonchev–Trinajstić information content (AvgIpc) is 3.48. The Morgan fingerprint density at radius 3 is 2.23 bits per heavy atom. The maximum atomic E-state index is 12.9. The maximum Gasteiger partial charge on any atom is 0.479 e. The molecular formula is C23H29BN2O5. The van der Waals surface area contributed by atoms with E-state index in [1.54, 1.807) is 18.2 Å². The largest absolute Gasteiger partial charge is 0.479 e. The van der Waals surface area contributed by atoms with Gasteiger partial charge >= 0.3 is 7.12 Å². The summed E-state index contributed by atoms with van der Waals surface area (Å²) in [5.74, 6) is -1.11. The Bertz CT molecular complexity index is 935. The van der Waals surface area contributed by atoms with Crippen LogP contribution in [0.15, 0.2) is 54.6 Å². The number of rotatable bonds is 8. The van der Waals surface area contributed by atoms with Gasteiger partial charge in [0, 0.05) is 5.56 Å². The van der Waals surface area contributed by atoms with Gasteiger partial charge in [-0.05, 0) is 48.4 Å². The number of nitrogens with one attached hydrogen (secondary N) is 2. The first-order chi connectivity index (χ1) is 14.7. The molecule has 3 rings (SSSR count). The highest BCUT2D eigenvalue weighted by molar-refractivity contribution is 6.47. The zero-order chi connectivity index (χ0) is 22.8. The predicted molar refractivity (Wildman–Crippen MR) is 119 cm³/mol. The number of carbonyl (C=O) groups excluding carboxylic acids is 2. The van der Waals surface area contributed by atoms with Crippen molar-refractivity contribution in [1.82, 2.24) is 10.6 Å². The second-order valence-electron chi connectivity index (χ2n) is 8.60. The van der Waals surface area contributed by atoms with Gasteiger partial charge in [-0.15, -0.1) is 0 Å². The Morgan fingerprint density at radius 1 is 1.03 bits per heavy atom. The Kier molecular flexibility index (Phi) is 6.84. The molecule has 164 valence electrons. The molecule has 0 bridgehead atoms. The molecule has 0 saturated heterocycles. The quantitative estimate of drug-likeness (QED) is 0.411. The molecule has 0 aromatic heterocycles. The van der Waals surface area contributed by atoms with Crippen molar-refractivity contribution in [2.45, 2.75) is 44.8 Å². The van der Waals surface area contributed by atoms with Gasteiger partial charge in [0.05, 0.1) is 11.5 Å². The summed E-state index contributed by atoms with van der Waals surface area (Å²) < 4.78 is 0. The van der Waals surface area contributed by atoms with Crippen molar-refractivity contribution in [1.29, 1.82) is 0 Å². The number of aliphatic hydroxyl groups is 1. The highest BCUT2D eigenvalue weighted by Crippen LogP contribution is 2.49. The number of amides is 2. The molecule has 2 aromatic rings. The van der Waals surface area contributed by atoms with Gasteiger partial charge in [-0.25, -0.2) is 0 Å². The number of aliphatic hydroxyl groups excluding tert-OH is 1. The van der Waals surface area contributed by atoms with Gasteiger partial charge in [0.1, 0.15) is 6.04 Å². The molecule has 5 N–H and O–H groups in total. The number of hydrogen-bond donors (Lipinski definition) is 5. The van der Waals surface area contributed by atoms with E-state index in [0.29, 0.717) is 12.0 Å². The minimum absolute atomic E-state index is 0.0932. The smallest absolute Gasteiger partial charge is 0.426 e. The Hall–Kier alpha value is -2.68. The van der Waals surface area contributed by atoms with Crippen molar-refractivity contribution >= 4 is 18.9 Å². The van der Waals surface area contributed by atoms with Crippen molar-refractivity contribution in [2.24, 2.45) is 11.8 Å². The Morgan fingerprint density at radius 2 is 1.68 bits per heavy atom. The van der Waals surface area contributed by atoms with Gasteiger partial charge in [-0.2, -0.15) is 0 Å². The van der Waals surface area contributed by atoms with Crippen LogP contribution < -0.4 is 10.6 Å². The number of hydrogen-bond acceptors (Lipinski definition) is 5. The first-order valence-electron chi connectivity index (χ1n) is 10.5. The molecule has 1 fully saturated rings. The van der Waals surface area contributed by atoms with E-state index in [1.165, 1.54) is 6.92 Å². The minimum atomic E-state index is -1.73. The summed E-state index contributed by atoms with van der Waals surface area (Å²) in [6, 6.07) is 15.3. The molecule has 1 saturated carbocycles. The first kappa shape index (κ1) is 23.0. The normalized spacial score (nSPS) is 21.8. The molecule has 2 aromatic carbocycles. The van der Waals surface area contributed by atoms with E-state index in [2.05, 4.69) is 10.6 Å². The van der Waals surface area contributed by atoms with E-state index in [-0.39, 0.29) is 11.8 Å². The van der Waals surface area contributed by atoms with Crippen LogP contribution in [-0.2, 0) is 4.79 Å². The van der Waals surface area contributed by atoms with Crippen LogP contribution in [0.5, 0.6) is 0 Å². The summed E-state index contributed by atoms with van der Waals surface area (Å²) in [4.78, 5) is 25.7. The summed E-state index contributed by atoms with van der Waals surface area (Å²) in [5.41, 5.74) is 1.000. The lowest BCUT2D eigenvalue weighted by Gasteiger charge is -2.26. The van der Waals surface area contributed by atoms with E-state index in [9.17, 15) is 24.7 Å². The number of benzene rings is 2.